The van der Waals surface area contributed by atoms with Crippen molar-refractivity contribution in [2.24, 2.45) is 22.7 Å². The van der Waals surface area contributed by atoms with Crippen molar-refractivity contribution in [3.05, 3.63) is 30.3 Å². The van der Waals surface area contributed by atoms with E-state index < -0.39 is 17.3 Å². The second kappa shape index (κ2) is 9.96. The smallest absolute Gasteiger partial charge is 0.0950 e. The lowest BCUT2D eigenvalue weighted by Crippen LogP contribution is -2.58. The summed E-state index contributed by atoms with van der Waals surface area (Å²) in [6, 6.07) is 10.5. The first-order valence-electron chi connectivity index (χ1n) is 14.0. The van der Waals surface area contributed by atoms with Crippen molar-refractivity contribution >= 4 is 5.69 Å². The Balaban J connectivity index is 1.35. The number of benzene rings is 1. The molecule has 1 aliphatic heterocycles. The predicted molar refractivity (Wildman–Crippen MR) is 144 cm³/mol. The molecule has 4 rings (SSSR count). The van der Waals surface area contributed by atoms with Gasteiger partial charge in [0.25, 0.3) is 0 Å². The number of hydrogen-bond donors (Lipinski definition) is 3. The van der Waals surface area contributed by atoms with Gasteiger partial charge in [-0.2, -0.15) is 0 Å². The summed E-state index contributed by atoms with van der Waals surface area (Å²) in [5, 5.41) is 33.9. The molecule has 0 amide bonds. The maximum Gasteiger partial charge on any atom is 0.0950 e. The van der Waals surface area contributed by atoms with E-state index in [1.807, 2.05) is 13.0 Å². The van der Waals surface area contributed by atoms with E-state index in [-0.39, 0.29) is 11.3 Å². The van der Waals surface area contributed by atoms with Crippen molar-refractivity contribution in [2.75, 3.05) is 37.6 Å². The van der Waals surface area contributed by atoms with Crippen molar-refractivity contribution in [1.29, 1.82) is 0 Å². The van der Waals surface area contributed by atoms with Crippen LogP contribution in [-0.2, 0) is 0 Å². The molecule has 1 saturated heterocycles. The average molecular weight is 487 g/mol. The van der Waals surface area contributed by atoms with Crippen molar-refractivity contribution < 1.29 is 15.3 Å². The van der Waals surface area contributed by atoms with Gasteiger partial charge in [0.15, 0.2) is 0 Å². The quantitative estimate of drug-likeness (QED) is 0.522. The van der Waals surface area contributed by atoms with E-state index in [0.29, 0.717) is 24.3 Å². The lowest BCUT2D eigenvalue weighted by molar-refractivity contribution is -0.176. The maximum absolute atomic E-state index is 11.5. The fourth-order valence-corrected chi connectivity index (χ4v) is 8.14. The van der Waals surface area contributed by atoms with Crippen LogP contribution >= 0.6 is 0 Å². The van der Waals surface area contributed by atoms with Gasteiger partial charge in [-0.05, 0) is 87.2 Å². The summed E-state index contributed by atoms with van der Waals surface area (Å²) in [4.78, 5) is 4.66. The van der Waals surface area contributed by atoms with Crippen LogP contribution in [0.2, 0.25) is 0 Å². The minimum absolute atomic E-state index is 0.0816. The van der Waals surface area contributed by atoms with Gasteiger partial charge in [-0.25, -0.2) is 0 Å². The lowest BCUT2D eigenvalue weighted by atomic mass is 9.45. The maximum atomic E-state index is 11.5. The number of fused-ring (bicyclic) bond motifs is 1. The molecular formula is C30H50N2O3. The van der Waals surface area contributed by atoms with Crippen LogP contribution in [-0.4, -0.2) is 70.2 Å². The highest BCUT2D eigenvalue weighted by Crippen LogP contribution is 2.63. The number of rotatable bonds is 7. The van der Waals surface area contributed by atoms with Gasteiger partial charge in [0, 0.05) is 38.4 Å². The highest BCUT2D eigenvalue weighted by molar-refractivity contribution is 5.46. The van der Waals surface area contributed by atoms with Gasteiger partial charge in [0.2, 0.25) is 0 Å². The molecular weight excluding hydrogens is 436 g/mol. The van der Waals surface area contributed by atoms with E-state index in [4.69, 9.17) is 0 Å². The highest BCUT2D eigenvalue weighted by atomic mass is 16.3. The van der Waals surface area contributed by atoms with E-state index in [1.165, 1.54) is 18.5 Å². The monoisotopic (exact) mass is 486 g/mol. The fourth-order valence-electron chi connectivity index (χ4n) is 8.14. The van der Waals surface area contributed by atoms with Gasteiger partial charge in [0.05, 0.1) is 17.3 Å². The summed E-state index contributed by atoms with van der Waals surface area (Å²) in [6.45, 7) is 15.1. The Morgan fingerprint density at radius 2 is 1.66 bits per heavy atom. The standard InChI is InChI=1S/C30H50N2O3/c1-27(2)14-9-15-28(3)24(27)12-16-29(4,34)25(28)13-17-30(5,35)26(33)22-31-18-20-32(21-19-31)23-10-7-6-8-11-23/h6-8,10-11,24-26,33-35H,9,12-22H2,1-5H3/t24-,25-,26+,28+,29-,30-/m1/s1. The highest BCUT2D eigenvalue weighted by Gasteiger charge is 2.58. The molecule has 0 radical (unpaired) electrons. The number of aliphatic hydroxyl groups is 3. The number of piperazine rings is 1. The predicted octanol–water partition coefficient (Wildman–Crippen LogP) is 4.69. The van der Waals surface area contributed by atoms with Crippen molar-refractivity contribution in [2.45, 2.75) is 96.9 Å². The van der Waals surface area contributed by atoms with Crippen molar-refractivity contribution in [1.82, 2.24) is 4.90 Å². The molecule has 1 heterocycles. The number of anilines is 1. The van der Waals surface area contributed by atoms with Gasteiger partial charge >= 0.3 is 0 Å². The zero-order valence-corrected chi connectivity index (χ0v) is 22.8. The minimum atomic E-state index is -1.17. The first-order valence-corrected chi connectivity index (χ1v) is 14.0. The van der Waals surface area contributed by atoms with Crippen LogP contribution in [0.15, 0.2) is 30.3 Å². The summed E-state index contributed by atoms with van der Waals surface area (Å²) in [7, 11) is 0. The molecule has 3 aliphatic rings. The van der Waals surface area contributed by atoms with Gasteiger partial charge in [-0.15, -0.1) is 0 Å². The number of para-hydroxylation sites is 1. The summed E-state index contributed by atoms with van der Waals surface area (Å²) in [5.74, 6) is 0.742. The Labute approximate surface area is 213 Å². The summed E-state index contributed by atoms with van der Waals surface area (Å²) in [6.07, 6.45) is 6.00. The normalized spacial score (nSPS) is 36.3. The number of nitrogens with zero attached hydrogens (tertiary/aromatic N) is 2. The fraction of sp³-hybridized carbons (Fsp3) is 0.800. The van der Waals surface area contributed by atoms with Gasteiger partial charge in [-0.1, -0.05) is 45.4 Å². The minimum Gasteiger partial charge on any atom is -0.390 e. The van der Waals surface area contributed by atoms with Crippen molar-refractivity contribution in [3.63, 3.8) is 0 Å². The third-order valence-corrected chi connectivity index (χ3v) is 10.3. The Bertz CT molecular complexity index is 831. The Hall–Kier alpha value is -1.14. The second-order valence-electron chi connectivity index (χ2n) is 13.4. The van der Waals surface area contributed by atoms with Crippen LogP contribution in [0.5, 0.6) is 0 Å². The zero-order valence-electron chi connectivity index (χ0n) is 22.8. The van der Waals surface area contributed by atoms with Gasteiger partial charge < -0.3 is 20.2 Å². The third-order valence-electron chi connectivity index (χ3n) is 10.3. The largest absolute Gasteiger partial charge is 0.390 e. The molecule has 5 heteroatoms. The molecule has 0 bridgehead atoms. The first kappa shape index (κ1) is 26.9. The van der Waals surface area contributed by atoms with Crippen LogP contribution in [0.1, 0.15) is 79.6 Å². The SMILES string of the molecule is CC1(C)CCC[C@@]2(C)[C@@H]1CC[C@@](C)(O)[C@@H]2CC[C@@](C)(O)[C@@H](O)CN1CCN(c2ccccc2)CC1. The molecule has 2 saturated carbocycles. The molecule has 35 heavy (non-hydrogen) atoms. The Morgan fingerprint density at radius 1 is 1.00 bits per heavy atom. The molecule has 2 aliphatic carbocycles. The summed E-state index contributed by atoms with van der Waals surface area (Å²) < 4.78 is 0. The number of aliphatic hydroxyl groups excluding tert-OH is 1. The molecule has 6 atom stereocenters. The molecule has 0 spiro atoms. The molecule has 1 aromatic carbocycles. The lowest BCUT2D eigenvalue weighted by Gasteiger charge is -2.61. The van der Waals surface area contributed by atoms with Crippen molar-refractivity contribution in [3.8, 4) is 0 Å². The van der Waals surface area contributed by atoms with E-state index in [2.05, 4.69) is 54.8 Å². The summed E-state index contributed by atoms with van der Waals surface area (Å²) in [5.41, 5.74) is -0.255. The number of β-amino-alcohol motifs (C(OH)–C–C–N with tert-alkyl or cyclic N) is 1. The van der Waals surface area contributed by atoms with Crippen LogP contribution in [0.25, 0.3) is 0 Å². The van der Waals surface area contributed by atoms with E-state index in [0.717, 1.165) is 51.9 Å². The first-order chi connectivity index (χ1) is 16.4. The Morgan fingerprint density at radius 3 is 2.31 bits per heavy atom. The van der Waals surface area contributed by atoms with Crippen LogP contribution in [0.3, 0.4) is 0 Å². The molecule has 198 valence electrons. The molecule has 3 fully saturated rings. The number of hydrogen-bond acceptors (Lipinski definition) is 5. The average Bonchev–Trinajstić information content (AvgIpc) is 2.78. The molecule has 3 N–H and O–H groups in total. The molecule has 0 aromatic heterocycles. The Kier molecular flexibility index (Phi) is 7.66. The molecule has 0 unspecified atom stereocenters. The molecule has 5 nitrogen and oxygen atoms in total. The van der Waals surface area contributed by atoms with Crippen LogP contribution in [0, 0.1) is 22.7 Å². The van der Waals surface area contributed by atoms with Crippen LogP contribution < -0.4 is 4.90 Å². The zero-order chi connectivity index (χ0) is 25.5. The van der Waals surface area contributed by atoms with E-state index in [1.54, 1.807) is 6.92 Å². The van der Waals surface area contributed by atoms with Crippen LogP contribution in [0.4, 0.5) is 5.69 Å². The third kappa shape index (κ3) is 5.58. The topological polar surface area (TPSA) is 67.2 Å². The van der Waals surface area contributed by atoms with E-state index in [9.17, 15) is 15.3 Å². The molecule has 1 aromatic rings. The second-order valence-corrected chi connectivity index (χ2v) is 13.4. The van der Waals surface area contributed by atoms with Gasteiger partial charge in [0.1, 0.15) is 0 Å². The van der Waals surface area contributed by atoms with E-state index >= 15 is 0 Å². The summed E-state index contributed by atoms with van der Waals surface area (Å²) >= 11 is 0. The van der Waals surface area contributed by atoms with Gasteiger partial charge in [-0.3, -0.25) is 4.90 Å².